The highest BCUT2D eigenvalue weighted by Gasteiger charge is 2.27. The Morgan fingerprint density at radius 3 is 2.55 bits per heavy atom. The van der Waals surface area contributed by atoms with Gasteiger partial charge in [-0.15, -0.1) is 0 Å². The van der Waals surface area contributed by atoms with Gasteiger partial charge < -0.3 is 5.32 Å². The Morgan fingerprint density at radius 1 is 1.35 bits per heavy atom. The first-order valence-electron chi connectivity index (χ1n) is 6.65. The number of nitrogens with zero attached hydrogens (tertiary/aromatic N) is 1. The van der Waals surface area contributed by atoms with Crippen LogP contribution in [0.1, 0.15) is 40.5 Å². The van der Waals surface area contributed by atoms with E-state index in [0.29, 0.717) is 23.3 Å². The number of nitrogens with one attached hydrogen (secondary N) is 2. The van der Waals surface area contributed by atoms with Crippen LogP contribution in [0.2, 0.25) is 0 Å². The van der Waals surface area contributed by atoms with Gasteiger partial charge in [0.05, 0.1) is 0 Å². The Balaban J connectivity index is 3.19. The average Bonchev–Trinajstić information content (AvgIpc) is 2.36. The van der Waals surface area contributed by atoms with Crippen molar-refractivity contribution >= 4 is 31.8 Å². The molecule has 0 amide bonds. The fraction of sp³-hybridized carbons (Fsp3) is 0.615. The molecule has 0 aliphatic carbocycles. The van der Waals surface area contributed by atoms with Crippen LogP contribution in [0.15, 0.2) is 21.6 Å². The SMILES string of the molecule is CCCNc1ncc(Br)cc1S(=O)(=O)NC(C)(C)CC. The minimum Gasteiger partial charge on any atom is -0.369 e. The van der Waals surface area contributed by atoms with Crippen molar-refractivity contribution in [3.8, 4) is 0 Å². The lowest BCUT2D eigenvalue weighted by molar-refractivity contribution is 0.439. The molecule has 20 heavy (non-hydrogen) atoms. The molecule has 0 aromatic carbocycles. The van der Waals surface area contributed by atoms with Crippen molar-refractivity contribution in [3.05, 3.63) is 16.7 Å². The fourth-order valence-electron chi connectivity index (χ4n) is 1.49. The van der Waals surface area contributed by atoms with Crippen molar-refractivity contribution in [1.82, 2.24) is 9.71 Å². The molecule has 1 aromatic rings. The summed E-state index contributed by atoms with van der Waals surface area (Å²) in [7, 11) is -3.62. The standard InChI is InChI=1S/C13H22BrN3O2S/c1-5-7-15-12-11(8-10(14)9-16-12)20(18,19)17-13(3,4)6-2/h8-9,17H,5-7H2,1-4H3,(H,15,16). The number of hydrogen-bond acceptors (Lipinski definition) is 4. The van der Waals surface area contributed by atoms with E-state index in [1.165, 1.54) is 0 Å². The zero-order valence-electron chi connectivity index (χ0n) is 12.3. The molecule has 0 unspecified atom stereocenters. The second-order valence-electron chi connectivity index (χ2n) is 5.27. The molecule has 0 saturated carbocycles. The second-order valence-corrected chi connectivity index (χ2v) is 7.84. The van der Waals surface area contributed by atoms with Gasteiger partial charge in [-0.25, -0.2) is 18.1 Å². The summed E-state index contributed by atoms with van der Waals surface area (Å²) < 4.78 is 28.4. The summed E-state index contributed by atoms with van der Waals surface area (Å²) in [6.07, 6.45) is 3.18. The number of anilines is 1. The van der Waals surface area contributed by atoms with Gasteiger partial charge in [0.1, 0.15) is 10.7 Å². The van der Waals surface area contributed by atoms with E-state index in [2.05, 4.69) is 31.0 Å². The number of pyridine rings is 1. The van der Waals surface area contributed by atoms with E-state index < -0.39 is 15.6 Å². The first kappa shape index (κ1) is 17.4. The molecule has 1 aromatic heterocycles. The normalized spacial score (nSPS) is 12.4. The van der Waals surface area contributed by atoms with E-state index >= 15 is 0 Å². The van der Waals surface area contributed by atoms with Crippen LogP contribution in [0, 0.1) is 0 Å². The topological polar surface area (TPSA) is 71.1 Å². The molecular weight excluding hydrogens is 342 g/mol. The monoisotopic (exact) mass is 363 g/mol. The Bertz CT molecular complexity index is 559. The minimum atomic E-state index is -3.62. The van der Waals surface area contributed by atoms with Crippen molar-refractivity contribution < 1.29 is 8.42 Å². The number of halogens is 1. The lowest BCUT2D eigenvalue weighted by Crippen LogP contribution is -2.42. The Hall–Kier alpha value is -0.660. The third-order valence-electron chi connectivity index (χ3n) is 2.95. The third-order valence-corrected chi connectivity index (χ3v) is 5.09. The van der Waals surface area contributed by atoms with Gasteiger partial charge >= 0.3 is 0 Å². The van der Waals surface area contributed by atoms with Crippen molar-refractivity contribution in [2.45, 2.75) is 51.0 Å². The highest BCUT2D eigenvalue weighted by molar-refractivity contribution is 9.10. The van der Waals surface area contributed by atoms with Gasteiger partial charge in [0.15, 0.2) is 0 Å². The van der Waals surface area contributed by atoms with Gasteiger partial charge in [0.2, 0.25) is 10.0 Å². The average molecular weight is 364 g/mol. The number of hydrogen-bond donors (Lipinski definition) is 2. The summed E-state index contributed by atoms with van der Waals surface area (Å²) in [5.74, 6) is 0.384. The third kappa shape index (κ3) is 4.71. The van der Waals surface area contributed by atoms with Crippen LogP contribution >= 0.6 is 15.9 Å². The quantitative estimate of drug-likeness (QED) is 0.780. The van der Waals surface area contributed by atoms with Crippen molar-refractivity contribution in [2.24, 2.45) is 0 Å². The fourth-order valence-corrected chi connectivity index (χ4v) is 3.62. The van der Waals surface area contributed by atoms with E-state index in [4.69, 9.17) is 0 Å². The number of aromatic nitrogens is 1. The second kappa shape index (κ2) is 6.87. The molecule has 0 fully saturated rings. The summed E-state index contributed by atoms with van der Waals surface area (Å²) in [5, 5.41) is 3.05. The molecule has 0 bridgehead atoms. The maximum absolute atomic E-state index is 12.5. The van der Waals surface area contributed by atoms with E-state index in [9.17, 15) is 8.42 Å². The maximum atomic E-state index is 12.5. The van der Waals surface area contributed by atoms with Gasteiger partial charge in [-0.3, -0.25) is 0 Å². The molecule has 7 heteroatoms. The molecule has 0 spiro atoms. The largest absolute Gasteiger partial charge is 0.369 e. The Labute approximate surface area is 129 Å². The molecule has 0 aliphatic heterocycles. The Morgan fingerprint density at radius 2 is 2.00 bits per heavy atom. The molecule has 0 saturated heterocycles. The molecule has 0 atom stereocenters. The lowest BCUT2D eigenvalue weighted by Gasteiger charge is -2.24. The zero-order valence-corrected chi connectivity index (χ0v) is 14.7. The molecule has 1 heterocycles. The van der Waals surface area contributed by atoms with Gasteiger partial charge in [-0.1, -0.05) is 13.8 Å². The summed E-state index contributed by atoms with van der Waals surface area (Å²) in [5.41, 5.74) is -0.497. The van der Waals surface area contributed by atoms with Gasteiger partial charge in [0, 0.05) is 22.8 Å². The van der Waals surface area contributed by atoms with Gasteiger partial charge in [0.25, 0.3) is 0 Å². The van der Waals surface area contributed by atoms with Crippen molar-refractivity contribution in [2.75, 3.05) is 11.9 Å². The highest BCUT2D eigenvalue weighted by Crippen LogP contribution is 2.24. The van der Waals surface area contributed by atoms with E-state index in [0.717, 1.165) is 6.42 Å². The lowest BCUT2D eigenvalue weighted by atomic mass is 10.0. The molecule has 114 valence electrons. The van der Waals surface area contributed by atoms with Crippen LogP contribution in [0.4, 0.5) is 5.82 Å². The van der Waals surface area contributed by atoms with Crippen LogP contribution in [-0.4, -0.2) is 25.5 Å². The molecule has 1 rings (SSSR count). The van der Waals surface area contributed by atoms with Crippen LogP contribution in [-0.2, 0) is 10.0 Å². The number of rotatable bonds is 7. The zero-order chi connectivity index (χ0) is 15.4. The predicted molar refractivity (Wildman–Crippen MR) is 85.4 cm³/mol. The van der Waals surface area contributed by atoms with Gasteiger partial charge in [-0.2, -0.15) is 0 Å². The molecule has 0 radical (unpaired) electrons. The van der Waals surface area contributed by atoms with E-state index in [-0.39, 0.29) is 4.90 Å². The summed E-state index contributed by atoms with van der Waals surface area (Å²) in [6, 6.07) is 1.57. The summed E-state index contributed by atoms with van der Waals surface area (Å²) in [6.45, 7) is 8.34. The van der Waals surface area contributed by atoms with Gasteiger partial charge in [-0.05, 0) is 48.7 Å². The molecule has 5 nitrogen and oxygen atoms in total. The molecular formula is C13H22BrN3O2S. The van der Waals surface area contributed by atoms with Crippen LogP contribution in [0.3, 0.4) is 0 Å². The van der Waals surface area contributed by atoms with Crippen LogP contribution < -0.4 is 10.0 Å². The van der Waals surface area contributed by atoms with Crippen LogP contribution in [0.25, 0.3) is 0 Å². The molecule has 0 aliphatic rings. The first-order valence-corrected chi connectivity index (χ1v) is 8.93. The summed E-state index contributed by atoms with van der Waals surface area (Å²) >= 11 is 3.27. The summed E-state index contributed by atoms with van der Waals surface area (Å²) in [4.78, 5) is 4.33. The van der Waals surface area contributed by atoms with Crippen LogP contribution in [0.5, 0.6) is 0 Å². The number of sulfonamides is 1. The maximum Gasteiger partial charge on any atom is 0.244 e. The van der Waals surface area contributed by atoms with Crippen molar-refractivity contribution in [3.63, 3.8) is 0 Å². The Kier molecular flexibility index (Phi) is 5.97. The molecule has 2 N–H and O–H groups in total. The van der Waals surface area contributed by atoms with E-state index in [1.54, 1.807) is 12.3 Å². The van der Waals surface area contributed by atoms with Crippen molar-refractivity contribution in [1.29, 1.82) is 0 Å². The first-order chi connectivity index (χ1) is 9.22. The minimum absolute atomic E-state index is 0.168. The highest BCUT2D eigenvalue weighted by atomic mass is 79.9. The predicted octanol–water partition coefficient (Wildman–Crippen LogP) is 3.13. The van der Waals surface area contributed by atoms with E-state index in [1.807, 2.05) is 27.7 Å². The smallest absolute Gasteiger partial charge is 0.244 e.